The first-order valence-corrected chi connectivity index (χ1v) is 13.5. The molecule has 1 aliphatic heterocycles. The van der Waals surface area contributed by atoms with Crippen LogP contribution in [0.3, 0.4) is 0 Å². The second-order valence-electron chi connectivity index (χ2n) is 9.94. The summed E-state index contributed by atoms with van der Waals surface area (Å²) in [5, 5.41) is 4.22. The van der Waals surface area contributed by atoms with Crippen molar-refractivity contribution < 1.29 is 22.6 Å². The van der Waals surface area contributed by atoms with Crippen LogP contribution in [0.25, 0.3) is 28.1 Å². The Kier molecular flexibility index (Phi) is 7.21. The molecule has 2 aliphatic carbocycles. The van der Waals surface area contributed by atoms with Gasteiger partial charge in [-0.25, -0.2) is 9.97 Å². The lowest BCUT2D eigenvalue weighted by atomic mass is 9.96. The second kappa shape index (κ2) is 11.1. The molecule has 210 valence electrons. The van der Waals surface area contributed by atoms with Crippen LogP contribution in [-0.2, 0) is 0 Å². The molecule has 10 heteroatoms. The minimum atomic E-state index is -4.76. The maximum Gasteiger partial charge on any atom is 0.573 e. The van der Waals surface area contributed by atoms with E-state index in [-0.39, 0.29) is 11.8 Å². The lowest BCUT2D eigenvalue weighted by Crippen LogP contribution is -2.19. The third-order valence-corrected chi connectivity index (χ3v) is 7.16. The van der Waals surface area contributed by atoms with Gasteiger partial charge in [0.2, 0.25) is 5.88 Å². The normalized spacial score (nSPS) is 14.9. The average molecular weight is 560 g/mol. The maximum absolute atomic E-state index is 12.8. The fourth-order valence-corrected chi connectivity index (χ4v) is 5.32. The Bertz CT molecular complexity index is 1710. The molecule has 1 N–H and O–H groups in total. The Hall–Kier alpha value is -4.60. The van der Waals surface area contributed by atoms with Gasteiger partial charge in [-0.15, -0.1) is 13.2 Å². The summed E-state index contributed by atoms with van der Waals surface area (Å²) in [4.78, 5) is 14.4. The Morgan fingerprint density at radius 2 is 1.71 bits per heavy atom. The first-order valence-electron chi connectivity index (χ1n) is 13.5. The molecule has 2 heterocycles. The molecule has 3 aromatic rings. The average Bonchev–Trinajstić information content (AvgIpc) is 2.97. The Morgan fingerprint density at radius 1 is 0.927 bits per heavy atom. The van der Waals surface area contributed by atoms with E-state index in [0.717, 1.165) is 53.5 Å². The summed E-state index contributed by atoms with van der Waals surface area (Å²) < 4.78 is 49.9. The fourth-order valence-electron chi connectivity index (χ4n) is 5.32. The number of hydrogen-bond acceptors (Lipinski definition) is 6. The number of ether oxygens (including phenoxy) is 2. The van der Waals surface area contributed by atoms with Crippen LogP contribution in [-0.4, -0.2) is 34.0 Å². The minimum Gasteiger partial charge on any atom is -0.480 e. The largest absolute Gasteiger partial charge is 0.573 e. The molecule has 6 rings (SSSR count). The summed E-state index contributed by atoms with van der Waals surface area (Å²) in [5.74, 6) is 0.174. The predicted octanol–water partition coefficient (Wildman–Crippen LogP) is 7.41. The van der Waals surface area contributed by atoms with Crippen molar-refractivity contribution in [3.05, 3.63) is 84.4 Å². The van der Waals surface area contributed by atoms with Gasteiger partial charge in [-0.3, -0.25) is 4.99 Å². The van der Waals surface area contributed by atoms with Crippen molar-refractivity contribution >= 4 is 22.4 Å². The van der Waals surface area contributed by atoms with Gasteiger partial charge in [0.25, 0.3) is 0 Å². The maximum atomic E-state index is 12.8. The molecule has 1 aromatic heterocycles. The summed E-state index contributed by atoms with van der Waals surface area (Å²) in [6, 6.07) is 21.4. The second-order valence-corrected chi connectivity index (χ2v) is 9.94. The number of methoxy groups -OCH3 is 1. The number of pyridine rings is 1. The van der Waals surface area contributed by atoms with Crippen LogP contribution >= 0.6 is 0 Å². The van der Waals surface area contributed by atoms with Crippen LogP contribution in [0.1, 0.15) is 32.1 Å². The summed E-state index contributed by atoms with van der Waals surface area (Å²) in [5.41, 5.74) is 5.13. The van der Waals surface area contributed by atoms with Crippen molar-refractivity contribution in [2.75, 3.05) is 12.4 Å². The highest BCUT2D eigenvalue weighted by Crippen LogP contribution is 2.33. The predicted molar refractivity (Wildman–Crippen MR) is 151 cm³/mol. The molecule has 0 amide bonds. The number of anilines is 2. The first-order chi connectivity index (χ1) is 19.9. The summed E-state index contributed by atoms with van der Waals surface area (Å²) in [6.07, 6.45) is 2.43. The third kappa shape index (κ3) is 5.82. The molecule has 0 unspecified atom stereocenters. The highest BCUT2D eigenvalue weighted by Gasteiger charge is 2.31. The lowest BCUT2D eigenvalue weighted by molar-refractivity contribution is -0.274. The monoisotopic (exact) mass is 559 g/mol. The zero-order chi connectivity index (χ0) is 28.4. The number of para-hydroxylation sites is 2. The van der Waals surface area contributed by atoms with Gasteiger partial charge < -0.3 is 19.4 Å². The Labute approximate surface area is 234 Å². The molecule has 3 aliphatic rings. The summed E-state index contributed by atoms with van der Waals surface area (Å²) in [7, 11) is 1.57. The number of benzene rings is 3. The number of nitrogens with zero attached hydrogens (tertiary/aromatic N) is 4. The molecule has 1 fully saturated rings. The smallest absolute Gasteiger partial charge is 0.480 e. The topological polar surface area (TPSA) is 73.6 Å². The zero-order valence-corrected chi connectivity index (χ0v) is 22.4. The van der Waals surface area contributed by atoms with Crippen molar-refractivity contribution in [2.45, 2.75) is 44.5 Å². The summed E-state index contributed by atoms with van der Waals surface area (Å²) in [6.45, 7) is 0. The standard InChI is InChI=1S/C31H28F3N5O2/c1-40-30-24(11-7-17-35-30)38-25-18-27-29(19-26(25)36-20-8-3-2-4-9-20)39(28-12-6-5-10-23(28)37-27)21-13-15-22(16-14-21)41-31(32,33)34/h5-7,10-20,38H,2-4,8-9H2,1H3/b36-26+. The molecule has 2 aromatic carbocycles. The number of aromatic nitrogens is 3. The van der Waals surface area contributed by atoms with E-state index < -0.39 is 6.36 Å². The van der Waals surface area contributed by atoms with Gasteiger partial charge in [-0.1, -0.05) is 31.4 Å². The van der Waals surface area contributed by atoms with Crippen molar-refractivity contribution in [3.8, 4) is 28.7 Å². The van der Waals surface area contributed by atoms with Gasteiger partial charge >= 0.3 is 6.36 Å². The molecule has 7 nitrogen and oxygen atoms in total. The molecule has 1 saturated carbocycles. The van der Waals surface area contributed by atoms with Gasteiger partial charge in [-0.05, 0) is 73.5 Å². The van der Waals surface area contributed by atoms with Crippen LogP contribution in [0, 0.1) is 0 Å². The fraction of sp³-hybridized carbons (Fsp3) is 0.258. The van der Waals surface area contributed by atoms with E-state index in [1.807, 2.05) is 53.1 Å². The van der Waals surface area contributed by atoms with Crippen LogP contribution in [0.4, 0.5) is 24.5 Å². The number of nitrogens with one attached hydrogen (secondary N) is 1. The number of rotatable bonds is 6. The van der Waals surface area contributed by atoms with Crippen molar-refractivity contribution in [1.82, 2.24) is 14.5 Å². The molecule has 0 saturated heterocycles. The van der Waals surface area contributed by atoms with Crippen LogP contribution in [0.5, 0.6) is 11.6 Å². The molecule has 41 heavy (non-hydrogen) atoms. The Balaban J connectivity index is 1.56. The van der Waals surface area contributed by atoms with Gasteiger partial charge in [-0.2, -0.15) is 0 Å². The van der Waals surface area contributed by atoms with E-state index >= 15 is 0 Å². The van der Waals surface area contributed by atoms with Gasteiger partial charge in [0.05, 0.1) is 46.6 Å². The summed E-state index contributed by atoms with van der Waals surface area (Å²) >= 11 is 0. The zero-order valence-electron chi connectivity index (χ0n) is 22.4. The third-order valence-electron chi connectivity index (χ3n) is 7.16. The Morgan fingerprint density at radius 3 is 2.46 bits per heavy atom. The van der Waals surface area contributed by atoms with E-state index in [1.54, 1.807) is 25.4 Å². The van der Waals surface area contributed by atoms with E-state index in [0.29, 0.717) is 22.9 Å². The molecule has 0 radical (unpaired) electrons. The lowest BCUT2D eigenvalue weighted by Gasteiger charge is -2.22. The molecular formula is C31H28F3N5O2. The van der Waals surface area contributed by atoms with Crippen molar-refractivity contribution in [2.24, 2.45) is 4.99 Å². The number of hydrogen-bond donors (Lipinski definition) is 1. The van der Waals surface area contributed by atoms with E-state index in [9.17, 15) is 13.2 Å². The van der Waals surface area contributed by atoms with Gasteiger partial charge in [0, 0.05) is 11.9 Å². The molecular weight excluding hydrogens is 531 g/mol. The minimum absolute atomic E-state index is 0.193. The van der Waals surface area contributed by atoms with Crippen LogP contribution < -0.4 is 20.1 Å². The quantitative estimate of drug-likeness (QED) is 0.219. The first kappa shape index (κ1) is 26.6. The molecule has 0 spiro atoms. The molecule has 0 atom stereocenters. The highest BCUT2D eigenvalue weighted by atomic mass is 19.4. The number of halogens is 3. The number of alkyl halides is 3. The number of fused-ring (bicyclic) bond motifs is 2. The van der Waals surface area contributed by atoms with E-state index in [2.05, 4.69) is 15.0 Å². The van der Waals surface area contributed by atoms with Crippen LogP contribution in [0.15, 0.2) is 84.0 Å². The van der Waals surface area contributed by atoms with Crippen LogP contribution in [0.2, 0.25) is 0 Å². The van der Waals surface area contributed by atoms with E-state index in [1.165, 1.54) is 18.6 Å². The molecule has 0 bridgehead atoms. The SMILES string of the molecule is COc1ncccc1Nc1cc2nc3ccccc3n(-c3ccc(OC(F)(F)F)cc3)c-2c/c1=N\C1CCCCC1. The highest BCUT2D eigenvalue weighted by molar-refractivity contribution is 5.84. The van der Waals surface area contributed by atoms with Crippen molar-refractivity contribution in [1.29, 1.82) is 0 Å². The van der Waals surface area contributed by atoms with E-state index in [4.69, 9.17) is 14.7 Å². The van der Waals surface area contributed by atoms with Gasteiger partial charge in [0.15, 0.2) is 0 Å². The van der Waals surface area contributed by atoms with Gasteiger partial charge in [0.1, 0.15) is 11.4 Å². The van der Waals surface area contributed by atoms with Crippen molar-refractivity contribution in [3.63, 3.8) is 0 Å².